The van der Waals surface area contributed by atoms with Crippen molar-refractivity contribution in [2.75, 3.05) is 13.1 Å². The Balaban J connectivity index is 2.65. The Bertz CT molecular complexity index is 73.1. The average Bonchev–Trinajstić information content (AvgIpc) is 1.81. The van der Waals surface area contributed by atoms with Gasteiger partial charge in [0, 0.05) is 13.0 Å². The van der Waals surface area contributed by atoms with Crippen LogP contribution in [0, 0.1) is 18.3 Å². The van der Waals surface area contributed by atoms with Crippen molar-refractivity contribution in [2.45, 2.75) is 12.8 Å². The Labute approximate surface area is 50.5 Å². The summed E-state index contributed by atoms with van der Waals surface area (Å²) in [5.41, 5.74) is 0. The molecule has 0 amide bonds. The molecule has 0 aliphatic heterocycles. The molecule has 0 spiro atoms. The molecule has 0 aromatic carbocycles. The first-order chi connectivity index (χ1) is 3.91. The predicted octanol–water partition coefficient (Wildman–Crippen LogP) is 0.714. The van der Waals surface area contributed by atoms with Crippen molar-refractivity contribution in [3.8, 4) is 6.07 Å². The van der Waals surface area contributed by atoms with E-state index in [1.807, 2.05) is 6.07 Å². The van der Waals surface area contributed by atoms with Crippen LogP contribution in [0.1, 0.15) is 12.8 Å². The second kappa shape index (κ2) is 6.45. The molecular formula is C6H11N2. The highest BCUT2D eigenvalue weighted by Crippen LogP contribution is 1.71. The number of hydrogen-bond donors (Lipinski definition) is 1. The van der Waals surface area contributed by atoms with Gasteiger partial charge in [-0.15, -0.1) is 0 Å². The second-order valence-corrected chi connectivity index (χ2v) is 1.51. The van der Waals surface area contributed by atoms with Crippen LogP contribution < -0.4 is 5.32 Å². The number of rotatable bonds is 4. The van der Waals surface area contributed by atoms with Gasteiger partial charge in [0.25, 0.3) is 0 Å². The maximum Gasteiger partial charge on any atom is 0.0635 e. The monoisotopic (exact) mass is 111 g/mol. The highest BCUT2D eigenvalue weighted by atomic mass is 14.8. The summed E-state index contributed by atoms with van der Waals surface area (Å²) in [6.45, 7) is 5.35. The van der Waals surface area contributed by atoms with Crippen molar-refractivity contribution in [3.05, 3.63) is 6.92 Å². The van der Waals surface area contributed by atoms with Gasteiger partial charge in [0.1, 0.15) is 0 Å². The lowest BCUT2D eigenvalue weighted by atomic mass is 10.4. The van der Waals surface area contributed by atoms with Gasteiger partial charge in [0.2, 0.25) is 0 Å². The van der Waals surface area contributed by atoms with E-state index >= 15 is 0 Å². The fourth-order valence-corrected chi connectivity index (χ4v) is 0.394. The zero-order valence-corrected chi connectivity index (χ0v) is 4.98. The number of nitrogens with one attached hydrogen (secondary N) is 1. The molecule has 0 aliphatic carbocycles. The van der Waals surface area contributed by atoms with Gasteiger partial charge >= 0.3 is 0 Å². The molecule has 0 unspecified atom stereocenters. The molecule has 1 N–H and O–H groups in total. The van der Waals surface area contributed by atoms with Gasteiger partial charge < -0.3 is 5.32 Å². The van der Waals surface area contributed by atoms with Crippen molar-refractivity contribution < 1.29 is 0 Å². The highest BCUT2D eigenvalue weighted by Gasteiger charge is 1.80. The van der Waals surface area contributed by atoms with Crippen molar-refractivity contribution in [1.29, 1.82) is 5.26 Å². The molecule has 0 heterocycles. The maximum absolute atomic E-state index is 8.06. The molecular weight excluding hydrogens is 100 g/mol. The SMILES string of the molecule is [CH2]CCNCCC#N. The predicted molar refractivity (Wildman–Crippen MR) is 33.1 cm³/mol. The van der Waals surface area contributed by atoms with Gasteiger partial charge in [-0.1, -0.05) is 6.92 Å². The van der Waals surface area contributed by atoms with Crippen molar-refractivity contribution in [3.63, 3.8) is 0 Å². The summed E-state index contributed by atoms with van der Waals surface area (Å²) in [5.74, 6) is 0. The minimum atomic E-state index is 0.597. The van der Waals surface area contributed by atoms with Crippen LogP contribution in [0.4, 0.5) is 0 Å². The summed E-state index contributed by atoms with van der Waals surface area (Å²) in [6.07, 6.45) is 1.49. The van der Waals surface area contributed by atoms with E-state index in [-0.39, 0.29) is 0 Å². The molecule has 2 nitrogen and oxygen atoms in total. The Hall–Kier alpha value is -0.550. The van der Waals surface area contributed by atoms with Crippen LogP contribution in [0.2, 0.25) is 0 Å². The van der Waals surface area contributed by atoms with Crippen molar-refractivity contribution in [1.82, 2.24) is 5.32 Å². The van der Waals surface area contributed by atoms with Gasteiger partial charge in [-0.2, -0.15) is 5.26 Å². The van der Waals surface area contributed by atoms with E-state index in [9.17, 15) is 0 Å². The third-order valence-corrected chi connectivity index (χ3v) is 0.767. The summed E-state index contributed by atoms with van der Waals surface area (Å²) in [7, 11) is 0. The highest BCUT2D eigenvalue weighted by molar-refractivity contribution is 4.69. The minimum Gasteiger partial charge on any atom is -0.316 e. The van der Waals surface area contributed by atoms with Gasteiger partial charge in [-0.05, 0) is 13.0 Å². The fraction of sp³-hybridized carbons (Fsp3) is 0.667. The van der Waals surface area contributed by atoms with Gasteiger partial charge in [-0.25, -0.2) is 0 Å². The van der Waals surface area contributed by atoms with E-state index < -0.39 is 0 Å². The lowest BCUT2D eigenvalue weighted by molar-refractivity contribution is 0.699. The average molecular weight is 111 g/mol. The lowest BCUT2D eigenvalue weighted by Crippen LogP contribution is -2.15. The normalized spacial score (nSPS) is 8.50. The summed E-state index contributed by atoms with van der Waals surface area (Å²) >= 11 is 0. The topological polar surface area (TPSA) is 35.8 Å². The van der Waals surface area contributed by atoms with Gasteiger partial charge in [-0.3, -0.25) is 0 Å². The fourth-order valence-electron chi connectivity index (χ4n) is 0.394. The molecule has 0 fully saturated rings. The molecule has 0 rings (SSSR count). The molecule has 0 saturated carbocycles. The molecule has 0 saturated heterocycles. The van der Waals surface area contributed by atoms with Crippen LogP contribution in [0.3, 0.4) is 0 Å². The van der Waals surface area contributed by atoms with Crippen LogP contribution >= 0.6 is 0 Å². The van der Waals surface area contributed by atoms with Crippen molar-refractivity contribution in [2.24, 2.45) is 0 Å². The Morgan fingerprint density at radius 1 is 1.50 bits per heavy atom. The van der Waals surface area contributed by atoms with E-state index in [2.05, 4.69) is 12.2 Å². The first-order valence-corrected chi connectivity index (χ1v) is 2.78. The van der Waals surface area contributed by atoms with Gasteiger partial charge in [0.15, 0.2) is 0 Å². The van der Waals surface area contributed by atoms with Crippen LogP contribution in [-0.2, 0) is 0 Å². The van der Waals surface area contributed by atoms with Gasteiger partial charge in [0.05, 0.1) is 6.07 Å². The summed E-state index contributed by atoms with van der Waals surface area (Å²) in [6, 6.07) is 2.04. The summed E-state index contributed by atoms with van der Waals surface area (Å²) < 4.78 is 0. The third kappa shape index (κ3) is 5.45. The molecule has 1 radical (unpaired) electrons. The van der Waals surface area contributed by atoms with Crippen LogP contribution in [0.5, 0.6) is 0 Å². The Morgan fingerprint density at radius 3 is 2.75 bits per heavy atom. The molecule has 0 aromatic heterocycles. The molecule has 45 valence electrons. The standard InChI is InChI=1S/C6H11N2/c1-2-5-8-6-3-4-7/h8H,1-3,5-6H2. The molecule has 0 aliphatic rings. The zero-order valence-electron chi connectivity index (χ0n) is 4.98. The summed E-state index contributed by atoms with van der Waals surface area (Å²) in [4.78, 5) is 0. The molecule has 0 bridgehead atoms. The first-order valence-electron chi connectivity index (χ1n) is 2.78. The molecule has 0 aromatic rings. The van der Waals surface area contributed by atoms with E-state index in [4.69, 9.17) is 5.26 Å². The molecule has 8 heavy (non-hydrogen) atoms. The molecule has 0 atom stereocenters. The van der Waals surface area contributed by atoms with Crippen LogP contribution in [-0.4, -0.2) is 13.1 Å². The van der Waals surface area contributed by atoms with E-state index in [1.165, 1.54) is 0 Å². The van der Waals surface area contributed by atoms with E-state index in [0.29, 0.717) is 6.42 Å². The number of nitriles is 1. The zero-order chi connectivity index (χ0) is 6.24. The minimum absolute atomic E-state index is 0.597. The number of hydrogen-bond acceptors (Lipinski definition) is 2. The number of nitrogens with zero attached hydrogens (tertiary/aromatic N) is 1. The van der Waals surface area contributed by atoms with Crippen LogP contribution in [0.15, 0.2) is 0 Å². The third-order valence-electron chi connectivity index (χ3n) is 0.767. The van der Waals surface area contributed by atoms with E-state index in [0.717, 1.165) is 19.5 Å². The van der Waals surface area contributed by atoms with E-state index in [1.54, 1.807) is 0 Å². The first kappa shape index (κ1) is 7.45. The summed E-state index contributed by atoms with van der Waals surface area (Å²) in [5, 5.41) is 11.1. The maximum atomic E-state index is 8.06. The largest absolute Gasteiger partial charge is 0.316 e. The Morgan fingerprint density at radius 2 is 2.25 bits per heavy atom. The Kier molecular flexibility index (Phi) is 6.01. The second-order valence-electron chi connectivity index (χ2n) is 1.51. The van der Waals surface area contributed by atoms with Crippen LogP contribution in [0.25, 0.3) is 0 Å². The molecule has 2 heteroatoms. The van der Waals surface area contributed by atoms with Crippen molar-refractivity contribution >= 4 is 0 Å². The smallest absolute Gasteiger partial charge is 0.0635 e. The lowest BCUT2D eigenvalue weighted by Gasteiger charge is -1.94. The quantitative estimate of drug-likeness (QED) is 0.542.